The monoisotopic (exact) mass is 287 g/mol. The van der Waals surface area contributed by atoms with Crippen molar-refractivity contribution >= 4 is 5.97 Å². The van der Waals surface area contributed by atoms with Gasteiger partial charge in [0.1, 0.15) is 11.3 Å². The van der Waals surface area contributed by atoms with Gasteiger partial charge in [-0.1, -0.05) is 0 Å². The molecule has 0 fully saturated rings. The molecule has 1 aromatic heterocycles. The van der Waals surface area contributed by atoms with Crippen LogP contribution in [-0.4, -0.2) is 29.5 Å². The van der Waals surface area contributed by atoms with E-state index >= 15 is 0 Å². The molecule has 0 spiro atoms. The van der Waals surface area contributed by atoms with Crippen LogP contribution in [0.5, 0.6) is 11.6 Å². The molecular formula is C9H6F5NO4. The van der Waals surface area contributed by atoms with Gasteiger partial charge in [0.25, 0.3) is 12.3 Å². The maximum atomic E-state index is 12.4. The third-order valence-corrected chi connectivity index (χ3v) is 1.82. The molecule has 5 nitrogen and oxygen atoms in total. The summed E-state index contributed by atoms with van der Waals surface area (Å²) in [5.41, 5.74) is -2.08. The van der Waals surface area contributed by atoms with Gasteiger partial charge >= 0.3 is 12.3 Å². The minimum absolute atomic E-state index is 0.412. The summed E-state index contributed by atoms with van der Waals surface area (Å²) in [6, 6.07) is 0.412. The van der Waals surface area contributed by atoms with Crippen molar-refractivity contribution in [2.45, 2.75) is 12.8 Å². The van der Waals surface area contributed by atoms with Crippen LogP contribution in [-0.2, 0) is 4.74 Å². The molecule has 0 saturated heterocycles. The topological polar surface area (TPSA) is 68.7 Å². The van der Waals surface area contributed by atoms with Gasteiger partial charge < -0.3 is 14.6 Å². The zero-order valence-corrected chi connectivity index (χ0v) is 9.16. The fraction of sp³-hybridized carbons (Fsp3) is 0.333. The highest BCUT2D eigenvalue weighted by atomic mass is 19.4. The van der Waals surface area contributed by atoms with Gasteiger partial charge in [-0.05, 0) is 6.07 Å². The Bertz CT molecular complexity index is 488. The number of nitrogens with zero attached hydrogens (tertiary/aromatic N) is 1. The third-order valence-electron chi connectivity index (χ3n) is 1.82. The molecule has 1 heterocycles. The van der Waals surface area contributed by atoms with Gasteiger partial charge in [-0.3, -0.25) is 0 Å². The molecule has 1 N–H and O–H groups in total. The number of aromatic hydroxyl groups is 1. The first-order valence-corrected chi connectivity index (χ1v) is 4.51. The molecule has 0 bridgehead atoms. The van der Waals surface area contributed by atoms with Gasteiger partial charge in [0.15, 0.2) is 5.75 Å². The van der Waals surface area contributed by atoms with Crippen molar-refractivity contribution in [1.82, 2.24) is 4.98 Å². The van der Waals surface area contributed by atoms with Crippen molar-refractivity contribution in [3.8, 4) is 11.6 Å². The number of carbonyl (C=O) groups is 1. The number of alkyl halides is 5. The molecule has 0 radical (unpaired) electrons. The number of aromatic nitrogens is 1. The Balaban J connectivity index is 3.37. The van der Waals surface area contributed by atoms with Crippen LogP contribution < -0.4 is 4.74 Å². The highest BCUT2D eigenvalue weighted by molar-refractivity contribution is 5.93. The Hall–Kier alpha value is -2.13. The molecule has 10 heteroatoms. The lowest BCUT2D eigenvalue weighted by molar-refractivity contribution is -0.276. The number of esters is 1. The van der Waals surface area contributed by atoms with Crippen LogP contribution in [0.3, 0.4) is 0 Å². The Morgan fingerprint density at radius 1 is 1.42 bits per heavy atom. The van der Waals surface area contributed by atoms with Crippen LogP contribution in [0.4, 0.5) is 22.0 Å². The van der Waals surface area contributed by atoms with E-state index in [-0.39, 0.29) is 0 Å². The third kappa shape index (κ3) is 3.66. The molecule has 0 unspecified atom stereocenters. The lowest BCUT2D eigenvalue weighted by Crippen LogP contribution is -2.19. The van der Waals surface area contributed by atoms with Gasteiger partial charge in [0.2, 0.25) is 0 Å². The average Bonchev–Trinajstić information content (AvgIpc) is 2.28. The highest BCUT2D eigenvalue weighted by Crippen LogP contribution is 2.35. The quantitative estimate of drug-likeness (QED) is 0.683. The van der Waals surface area contributed by atoms with Gasteiger partial charge in [-0.25, -0.2) is 18.6 Å². The first kappa shape index (κ1) is 14.9. The van der Waals surface area contributed by atoms with Crippen LogP contribution in [0, 0.1) is 0 Å². The lowest BCUT2D eigenvalue weighted by atomic mass is 10.2. The number of pyridine rings is 1. The summed E-state index contributed by atoms with van der Waals surface area (Å²) in [5.74, 6) is -4.20. The summed E-state index contributed by atoms with van der Waals surface area (Å²) in [6.45, 7) is 0. The summed E-state index contributed by atoms with van der Waals surface area (Å²) in [5, 5.41) is 9.33. The SMILES string of the molecule is COC(=O)c1cc(C(F)F)nc(OC(F)(F)F)c1O. The predicted molar refractivity (Wildman–Crippen MR) is 48.9 cm³/mol. The molecule has 0 aromatic carbocycles. The van der Waals surface area contributed by atoms with Crippen LogP contribution in [0.15, 0.2) is 6.07 Å². The van der Waals surface area contributed by atoms with Crippen LogP contribution >= 0.6 is 0 Å². The second kappa shape index (κ2) is 5.24. The second-order valence-electron chi connectivity index (χ2n) is 3.09. The van der Waals surface area contributed by atoms with Gasteiger partial charge in [-0.15, -0.1) is 13.2 Å². The number of hydrogen-bond acceptors (Lipinski definition) is 5. The first-order chi connectivity index (χ1) is 8.65. The highest BCUT2D eigenvalue weighted by Gasteiger charge is 2.35. The van der Waals surface area contributed by atoms with Crippen molar-refractivity contribution in [3.63, 3.8) is 0 Å². The van der Waals surface area contributed by atoms with Crippen molar-refractivity contribution < 1.29 is 41.3 Å². The van der Waals surface area contributed by atoms with Crippen molar-refractivity contribution in [2.24, 2.45) is 0 Å². The van der Waals surface area contributed by atoms with E-state index in [1.165, 1.54) is 0 Å². The summed E-state index contributed by atoms with van der Waals surface area (Å²) < 4.78 is 68.2. The molecule has 0 aliphatic carbocycles. The fourth-order valence-electron chi connectivity index (χ4n) is 1.09. The molecular weight excluding hydrogens is 281 g/mol. The summed E-state index contributed by atoms with van der Waals surface area (Å²) >= 11 is 0. The number of halogens is 5. The summed E-state index contributed by atoms with van der Waals surface area (Å²) in [7, 11) is 0.856. The van der Waals surface area contributed by atoms with Crippen LogP contribution in [0.1, 0.15) is 22.5 Å². The zero-order valence-electron chi connectivity index (χ0n) is 9.16. The van der Waals surface area contributed by atoms with E-state index in [2.05, 4.69) is 14.5 Å². The van der Waals surface area contributed by atoms with Gasteiger partial charge in [-0.2, -0.15) is 0 Å². The van der Waals surface area contributed by atoms with Gasteiger partial charge in [0.05, 0.1) is 7.11 Å². The largest absolute Gasteiger partial charge is 0.574 e. The summed E-state index contributed by atoms with van der Waals surface area (Å²) in [4.78, 5) is 13.9. The van der Waals surface area contributed by atoms with Crippen molar-refractivity contribution in [1.29, 1.82) is 0 Å². The predicted octanol–water partition coefficient (Wildman–Crippen LogP) is 2.41. The molecule has 0 aliphatic heterocycles. The van der Waals surface area contributed by atoms with Crippen molar-refractivity contribution in [2.75, 3.05) is 7.11 Å². The first-order valence-electron chi connectivity index (χ1n) is 4.51. The van der Waals surface area contributed by atoms with E-state index < -0.39 is 41.6 Å². The Kier molecular flexibility index (Phi) is 4.12. The summed E-state index contributed by atoms with van der Waals surface area (Å²) in [6.07, 6.45) is -8.53. The molecule has 0 amide bonds. The molecule has 106 valence electrons. The van der Waals surface area contributed by atoms with E-state index in [0.29, 0.717) is 6.07 Å². The second-order valence-corrected chi connectivity index (χ2v) is 3.09. The maximum absolute atomic E-state index is 12.4. The molecule has 1 rings (SSSR count). The van der Waals surface area contributed by atoms with Gasteiger partial charge in [0, 0.05) is 0 Å². The number of hydrogen-bond donors (Lipinski definition) is 1. The van der Waals surface area contributed by atoms with Crippen molar-refractivity contribution in [3.05, 3.63) is 17.3 Å². The Morgan fingerprint density at radius 3 is 2.42 bits per heavy atom. The maximum Gasteiger partial charge on any atom is 0.574 e. The number of methoxy groups -OCH3 is 1. The number of rotatable bonds is 3. The molecule has 19 heavy (non-hydrogen) atoms. The standard InChI is InChI=1S/C9H6F5NO4/c1-18-8(17)3-2-4(6(10)11)15-7(5(3)16)19-9(12,13)14/h2,6,16H,1H3. The number of ether oxygens (including phenoxy) is 2. The minimum Gasteiger partial charge on any atom is -0.502 e. The normalized spacial score (nSPS) is 11.5. The van der Waals surface area contributed by atoms with E-state index in [1.807, 2.05) is 0 Å². The Morgan fingerprint density at radius 2 is 2.00 bits per heavy atom. The Labute approximate surface area is 102 Å². The minimum atomic E-state index is -5.27. The molecule has 0 aliphatic rings. The molecule has 0 saturated carbocycles. The van der Waals surface area contributed by atoms with E-state index in [9.17, 15) is 31.9 Å². The number of carbonyl (C=O) groups excluding carboxylic acids is 1. The van der Waals surface area contributed by atoms with E-state index in [0.717, 1.165) is 7.11 Å². The molecule has 0 atom stereocenters. The fourth-order valence-corrected chi connectivity index (χ4v) is 1.09. The zero-order chi connectivity index (χ0) is 14.8. The van der Waals surface area contributed by atoms with Crippen LogP contribution in [0.25, 0.3) is 0 Å². The smallest absolute Gasteiger partial charge is 0.502 e. The lowest BCUT2D eigenvalue weighted by Gasteiger charge is -2.12. The average molecular weight is 287 g/mol. The van der Waals surface area contributed by atoms with Crippen LogP contribution in [0.2, 0.25) is 0 Å². The van der Waals surface area contributed by atoms with E-state index in [1.54, 1.807) is 0 Å². The molecule has 1 aromatic rings. The van der Waals surface area contributed by atoms with E-state index in [4.69, 9.17) is 0 Å².